The smallest absolute Gasteiger partial charge is 0.0789 e. The number of aliphatic hydroxyl groups excluding tert-OH is 2. The fraction of sp³-hybridized carbons (Fsp3) is 0.444. The third-order valence-corrected chi connectivity index (χ3v) is 1.92. The fourth-order valence-corrected chi connectivity index (χ4v) is 0.966. The quantitative estimate of drug-likeness (QED) is 0.601. The predicted molar refractivity (Wildman–Crippen MR) is 48.8 cm³/mol. The van der Waals surface area contributed by atoms with Gasteiger partial charge in [-0.05, 0) is 24.6 Å². The Balaban J connectivity index is 3.01. The van der Waals surface area contributed by atoms with Gasteiger partial charge in [-0.3, -0.25) is 4.98 Å². The van der Waals surface area contributed by atoms with Gasteiger partial charge in [0.25, 0.3) is 0 Å². The molecule has 0 bridgehead atoms. The van der Waals surface area contributed by atoms with Crippen LogP contribution in [0.1, 0.15) is 18.2 Å². The molecule has 1 heterocycles. The van der Waals surface area contributed by atoms with Crippen LogP contribution in [0.25, 0.3) is 0 Å². The van der Waals surface area contributed by atoms with Gasteiger partial charge in [-0.2, -0.15) is 0 Å². The summed E-state index contributed by atoms with van der Waals surface area (Å²) in [6.45, 7) is 1.47. The van der Waals surface area contributed by atoms with E-state index in [0.29, 0.717) is 5.69 Å². The van der Waals surface area contributed by atoms with E-state index in [4.69, 9.17) is 15.9 Å². The maximum atomic E-state index is 8.98. The van der Waals surface area contributed by atoms with Crippen LogP contribution in [-0.4, -0.2) is 21.8 Å². The molecule has 0 aliphatic rings. The molecule has 13 heavy (non-hydrogen) atoms. The van der Waals surface area contributed by atoms with Gasteiger partial charge in [0.1, 0.15) is 0 Å². The number of pyridine rings is 1. The molecular weight excluding hydrogens is 168 g/mol. The maximum absolute atomic E-state index is 8.98. The molecule has 0 spiro atoms. The number of aromatic nitrogens is 1. The molecule has 0 aromatic carbocycles. The van der Waals surface area contributed by atoms with E-state index in [1.54, 1.807) is 25.3 Å². The third kappa shape index (κ3) is 2.24. The lowest BCUT2D eigenvalue weighted by Crippen LogP contribution is -2.37. The zero-order valence-corrected chi connectivity index (χ0v) is 7.57. The minimum atomic E-state index is -0.842. The van der Waals surface area contributed by atoms with E-state index in [9.17, 15) is 0 Å². The van der Waals surface area contributed by atoms with Gasteiger partial charge in [0.2, 0.25) is 0 Å². The molecule has 1 rings (SSSR count). The van der Waals surface area contributed by atoms with Gasteiger partial charge < -0.3 is 15.9 Å². The number of hydrogen-bond acceptors (Lipinski definition) is 4. The van der Waals surface area contributed by atoms with E-state index >= 15 is 0 Å². The van der Waals surface area contributed by atoms with Crippen molar-refractivity contribution >= 4 is 0 Å². The minimum absolute atomic E-state index is 0.0446. The summed E-state index contributed by atoms with van der Waals surface area (Å²) in [6, 6.07) is 3.40. The van der Waals surface area contributed by atoms with Crippen molar-refractivity contribution < 1.29 is 10.2 Å². The minimum Gasteiger partial charge on any atom is -0.394 e. The largest absolute Gasteiger partial charge is 0.394 e. The fourth-order valence-electron chi connectivity index (χ4n) is 0.966. The van der Waals surface area contributed by atoms with Crippen LogP contribution in [0.4, 0.5) is 0 Å². The van der Waals surface area contributed by atoms with E-state index in [-0.39, 0.29) is 13.2 Å². The summed E-state index contributed by atoms with van der Waals surface area (Å²) in [5, 5.41) is 17.9. The van der Waals surface area contributed by atoms with E-state index in [1.807, 2.05) is 0 Å². The molecule has 4 nitrogen and oxygen atoms in total. The number of nitrogens with zero attached hydrogens (tertiary/aromatic N) is 1. The molecule has 0 aliphatic carbocycles. The number of nitrogens with two attached hydrogens (primary N) is 1. The first-order chi connectivity index (χ1) is 6.10. The maximum Gasteiger partial charge on any atom is 0.0789 e. The first-order valence-corrected chi connectivity index (χ1v) is 4.06. The molecule has 0 radical (unpaired) electrons. The monoisotopic (exact) mass is 182 g/mol. The average Bonchev–Trinajstić information content (AvgIpc) is 2.18. The van der Waals surface area contributed by atoms with Gasteiger partial charge in [-0.25, -0.2) is 0 Å². The summed E-state index contributed by atoms with van der Waals surface area (Å²) in [5.74, 6) is 0. The lowest BCUT2D eigenvalue weighted by Gasteiger charge is -2.21. The highest BCUT2D eigenvalue weighted by Crippen LogP contribution is 2.15. The summed E-state index contributed by atoms with van der Waals surface area (Å²) >= 11 is 0. The Morgan fingerprint density at radius 1 is 1.54 bits per heavy atom. The van der Waals surface area contributed by atoms with Gasteiger partial charge in [0, 0.05) is 6.20 Å². The van der Waals surface area contributed by atoms with Crippen molar-refractivity contribution in [3.63, 3.8) is 0 Å². The molecule has 4 N–H and O–H groups in total. The lowest BCUT2D eigenvalue weighted by molar-refractivity contribution is 0.206. The van der Waals surface area contributed by atoms with Crippen LogP contribution in [0.15, 0.2) is 18.3 Å². The molecule has 0 aliphatic heterocycles. The Hall–Kier alpha value is -0.970. The summed E-state index contributed by atoms with van der Waals surface area (Å²) in [4.78, 5) is 4.03. The van der Waals surface area contributed by atoms with Gasteiger partial charge in [0.05, 0.1) is 24.4 Å². The second kappa shape index (κ2) is 3.83. The second-order valence-corrected chi connectivity index (χ2v) is 3.28. The van der Waals surface area contributed by atoms with Crippen LogP contribution >= 0.6 is 0 Å². The average molecular weight is 182 g/mol. The Kier molecular flexibility index (Phi) is 2.98. The van der Waals surface area contributed by atoms with Crippen molar-refractivity contribution in [3.8, 4) is 0 Å². The zero-order chi connectivity index (χ0) is 9.90. The Morgan fingerprint density at radius 2 is 2.23 bits per heavy atom. The molecule has 1 aromatic heterocycles. The molecular formula is C9H14N2O2. The van der Waals surface area contributed by atoms with Crippen molar-refractivity contribution in [3.05, 3.63) is 29.6 Å². The van der Waals surface area contributed by atoms with Crippen LogP contribution in [0, 0.1) is 0 Å². The molecule has 1 atom stereocenters. The Bertz CT molecular complexity index is 287. The molecule has 0 saturated heterocycles. The van der Waals surface area contributed by atoms with Crippen molar-refractivity contribution in [1.82, 2.24) is 4.98 Å². The lowest BCUT2D eigenvalue weighted by atomic mass is 9.99. The van der Waals surface area contributed by atoms with E-state index in [0.717, 1.165) is 5.56 Å². The molecule has 72 valence electrons. The summed E-state index contributed by atoms with van der Waals surface area (Å²) in [6.07, 6.45) is 1.57. The van der Waals surface area contributed by atoms with Crippen LogP contribution in [0.2, 0.25) is 0 Å². The predicted octanol–water partition coefficient (Wildman–Crippen LogP) is -0.260. The Morgan fingerprint density at radius 3 is 2.77 bits per heavy atom. The molecule has 0 saturated carbocycles. The molecule has 0 fully saturated rings. The number of hydrogen-bond donors (Lipinski definition) is 3. The van der Waals surface area contributed by atoms with Crippen LogP contribution < -0.4 is 5.73 Å². The SMILES string of the molecule is C[C@@](N)(CO)c1cc(CO)ccn1. The van der Waals surface area contributed by atoms with Crippen molar-refractivity contribution in [2.75, 3.05) is 6.61 Å². The number of rotatable bonds is 3. The summed E-state index contributed by atoms with van der Waals surface area (Å²) < 4.78 is 0. The van der Waals surface area contributed by atoms with Crippen molar-refractivity contribution in [1.29, 1.82) is 0 Å². The summed E-state index contributed by atoms with van der Waals surface area (Å²) in [5.41, 5.74) is 6.25. The van der Waals surface area contributed by atoms with Crippen molar-refractivity contribution in [2.45, 2.75) is 19.1 Å². The van der Waals surface area contributed by atoms with E-state index < -0.39 is 5.54 Å². The topological polar surface area (TPSA) is 79.4 Å². The second-order valence-electron chi connectivity index (χ2n) is 3.28. The zero-order valence-electron chi connectivity index (χ0n) is 7.57. The van der Waals surface area contributed by atoms with Crippen LogP contribution in [0.5, 0.6) is 0 Å². The van der Waals surface area contributed by atoms with Gasteiger partial charge in [0.15, 0.2) is 0 Å². The first-order valence-electron chi connectivity index (χ1n) is 4.06. The van der Waals surface area contributed by atoms with Gasteiger partial charge in [-0.15, -0.1) is 0 Å². The van der Waals surface area contributed by atoms with E-state index in [2.05, 4.69) is 4.98 Å². The van der Waals surface area contributed by atoms with Crippen molar-refractivity contribution in [2.24, 2.45) is 5.73 Å². The molecule has 0 unspecified atom stereocenters. The van der Waals surface area contributed by atoms with E-state index in [1.165, 1.54) is 0 Å². The van der Waals surface area contributed by atoms with Gasteiger partial charge >= 0.3 is 0 Å². The highest BCUT2D eigenvalue weighted by Gasteiger charge is 2.21. The standard InChI is InChI=1S/C9H14N2O2/c1-9(10,6-13)8-4-7(5-12)2-3-11-8/h2-4,12-13H,5-6,10H2,1H3/t9-/m1/s1. The van der Waals surface area contributed by atoms with Crippen LogP contribution in [-0.2, 0) is 12.1 Å². The molecule has 1 aromatic rings. The molecule has 0 amide bonds. The summed E-state index contributed by atoms with van der Waals surface area (Å²) in [7, 11) is 0. The number of aliphatic hydroxyl groups is 2. The molecule has 4 heteroatoms. The highest BCUT2D eigenvalue weighted by molar-refractivity contribution is 5.21. The normalized spacial score (nSPS) is 15.4. The first kappa shape index (κ1) is 10.1. The highest BCUT2D eigenvalue weighted by atomic mass is 16.3. The third-order valence-electron chi connectivity index (χ3n) is 1.92. The van der Waals surface area contributed by atoms with Gasteiger partial charge in [-0.1, -0.05) is 0 Å². The van der Waals surface area contributed by atoms with Crippen LogP contribution in [0.3, 0.4) is 0 Å². The Labute approximate surface area is 77.0 Å².